The van der Waals surface area contributed by atoms with Crippen molar-refractivity contribution >= 4 is 48.1 Å². The highest BCUT2D eigenvalue weighted by Gasteiger charge is 2.38. The molecule has 31 heavy (non-hydrogen) atoms. The molecule has 0 unspecified atom stereocenters. The summed E-state index contributed by atoms with van der Waals surface area (Å²) in [6.45, 7) is 3.68. The Morgan fingerprint density at radius 1 is 1.00 bits per heavy atom. The van der Waals surface area contributed by atoms with E-state index in [-0.39, 0.29) is 0 Å². The Balaban J connectivity index is 0.00000110. The summed E-state index contributed by atoms with van der Waals surface area (Å²) in [5.74, 6) is -3.78. The van der Waals surface area contributed by atoms with Crippen molar-refractivity contribution in [2.24, 2.45) is 11.1 Å². The summed E-state index contributed by atoms with van der Waals surface area (Å²) >= 11 is 3.67. The van der Waals surface area contributed by atoms with Crippen LogP contribution >= 0.6 is 36.1 Å². The van der Waals surface area contributed by atoms with Crippen LogP contribution in [0.25, 0.3) is 0 Å². The molecule has 178 valence electrons. The Hall–Kier alpha value is -1.16. The number of alkyl halides is 3. The Kier molecular flexibility index (Phi) is 12.9. The molecule has 1 aromatic rings. The van der Waals surface area contributed by atoms with Gasteiger partial charge in [-0.3, -0.25) is 4.79 Å². The molecule has 1 aromatic carbocycles. The first-order valence-electron chi connectivity index (χ1n) is 8.28. The van der Waals surface area contributed by atoms with Gasteiger partial charge in [0.05, 0.1) is 21.3 Å². The highest BCUT2D eigenvalue weighted by molar-refractivity contribution is 7.96. The molecule has 0 amide bonds. The smallest absolute Gasteiger partial charge is 0.480 e. The lowest BCUT2D eigenvalue weighted by molar-refractivity contribution is -0.192. The van der Waals surface area contributed by atoms with Crippen molar-refractivity contribution in [3.63, 3.8) is 0 Å². The lowest BCUT2D eigenvalue weighted by Crippen LogP contribution is -2.45. The molecule has 0 radical (unpaired) electrons. The predicted octanol–water partition coefficient (Wildman–Crippen LogP) is 4.26. The number of carboxylic acid groups (broad SMARTS) is 2. The zero-order valence-electron chi connectivity index (χ0n) is 17.3. The van der Waals surface area contributed by atoms with Crippen molar-refractivity contribution in [1.29, 1.82) is 0 Å². The number of halogens is 3. The molecule has 0 aromatic heterocycles. The highest BCUT2D eigenvalue weighted by atomic mass is 32.2. The SMILES string of the molecule is COSc1cc(SOC)c(CC(C)(C)[C@@H](N)C(=O)O)c(SOC)c1.O=C(O)C(F)(F)F. The minimum atomic E-state index is -5.08. The molecule has 14 heteroatoms. The zero-order chi connectivity index (χ0) is 24.4. The molecule has 0 bridgehead atoms. The second kappa shape index (κ2) is 13.4. The summed E-state index contributed by atoms with van der Waals surface area (Å²) in [4.78, 5) is 22.9. The van der Waals surface area contributed by atoms with E-state index in [4.69, 9.17) is 28.2 Å². The molecule has 0 spiro atoms. The standard InChI is InChI=1S/C15H23NO5S3.C2HF3O2/c1-15(2,13(16)14(17)18)8-10-11(23-20-4)6-9(22-19-3)7-12(10)24-21-5;3-2(4,5)1(6)7/h6-7,13H,8,16H2,1-5H3,(H,17,18);(H,6,7)/t13-;/m0./s1. The van der Waals surface area contributed by atoms with Crippen molar-refractivity contribution in [3.05, 3.63) is 17.7 Å². The molecular formula is C17H24F3NO7S3. The van der Waals surface area contributed by atoms with Crippen molar-refractivity contribution in [1.82, 2.24) is 0 Å². The van der Waals surface area contributed by atoms with Gasteiger partial charge in [-0.15, -0.1) is 0 Å². The Morgan fingerprint density at radius 2 is 1.39 bits per heavy atom. The summed E-state index contributed by atoms with van der Waals surface area (Å²) in [5, 5.41) is 16.4. The van der Waals surface area contributed by atoms with Gasteiger partial charge in [0, 0.05) is 50.8 Å². The predicted molar refractivity (Wildman–Crippen MR) is 112 cm³/mol. The maximum Gasteiger partial charge on any atom is 0.490 e. The van der Waals surface area contributed by atoms with Crippen LogP contribution in [0.2, 0.25) is 0 Å². The minimum Gasteiger partial charge on any atom is -0.480 e. The first-order chi connectivity index (χ1) is 14.2. The molecule has 0 fully saturated rings. The summed E-state index contributed by atoms with van der Waals surface area (Å²) in [6, 6.07) is 2.91. The van der Waals surface area contributed by atoms with Crippen LogP contribution in [-0.2, 0) is 28.6 Å². The number of aliphatic carboxylic acids is 2. The number of rotatable bonds is 10. The van der Waals surface area contributed by atoms with Gasteiger partial charge in [-0.1, -0.05) is 13.8 Å². The monoisotopic (exact) mass is 507 g/mol. The number of carbonyl (C=O) groups is 2. The van der Waals surface area contributed by atoms with Crippen LogP contribution in [0.3, 0.4) is 0 Å². The Bertz CT molecular complexity index is 721. The summed E-state index contributed by atoms with van der Waals surface area (Å²) in [7, 11) is 4.77. The molecule has 0 saturated heterocycles. The summed E-state index contributed by atoms with van der Waals surface area (Å²) in [6.07, 6.45) is -4.62. The Morgan fingerprint density at radius 3 is 1.68 bits per heavy atom. The molecule has 1 atom stereocenters. The third-order valence-electron chi connectivity index (χ3n) is 3.65. The van der Waals surface area contributed by atoms with Gasteiger partial charge in [-0.2, -0.15) is 13.2 Å². The molecule has 0 saturated carbocycles. The van der Waals surface area contributed by atoms with E-state index in [1.165, 1.54) is 36.1 Å². The van der Waals surface area contributed by atoms with Gasteiger partial charge in [0.1, 0.15) is 6.04 Å². The molecule has 1 rings (SSSR count). The van der Waals surface area contributed by atoms with Crippen molar-refractivity contribution in [2.45, 2.75) is 47.2 Å². The van der Waals surface area contributed by atoms with E-state index in [1.807, 2.05) is 26.0 Å². The van der Waals surface area contributed by atoms with Gasteiger partial charge in [-0.05, 0) is 29.5 Å². The van der Waals surface area contributed by atoms with Gasteiger partial charge < -0.3 is 28.5 Å². The van der Waals surface area contributed by atoms with Gasteiger partial charge >= 0.3 is 18.1 Å². The first-order valence-corrected chi connectivity index (χ1v) is 10.5. The fraction of sp³-hybridized carbons (Fsp3) is 0.529. The quantitative estimate of drug-likeness (QED) is 0.393. The van der Waals surface area contributed by atoms with Crippen LogP contribution in [0.1, 0.15) is 19.4 Å². The second-order valence-corrected chi connectivity index (χ2v) is 9.28. The van der Waals surface area contributed by atoms with Crippen molar-refractivity contribution in [2.75, 3.05) is 21.3 Å². The maximum atomic E-state index is 11.3. The Labute approximate surface area is 191 Å². The second-order valence-electron chi connectivity index (χ2n) is 6.43. The topological polar surface area (TPSA) is 128 Å². The highest BCUT2D eigenvalue weighted by Crippen LogP contribution is 2.40. The van der Waals surface area contributed by atoms with Crippen LogP contribution in [0.15, 0.2) is 26.8 Å². The number of nitrogens with two attached hydrogens (primary N) is 1. The summed E-state index contributed by atoms with van der Waals surface area (Å²) in [5.41, 5.74) is 6.16. The van der Waals surface area contributed by atoms with Crippen LogP contribution in [0, 0.1) is 5.41 Å². The van der Waals surface area contributed by atoms with E-state index in [0.29, 0.717) is 6.42 Å². The number of hydrogen-bond acceptors (Lipinski definition) is 9. The lowest BCUT2D eigenvalue weighted by Gasteiger charge is -2.30. The molecule has 0 aliphatic heterocycles. The number of carboxylic acids is 2. The average molecular weight is 508 g/mol. The molecule has 0 heterocycles. The molecule has 4 N–H and O–H groups in total. The third-order valence-corrected chi connectivity index (χ3v) is 5.67. The number of hydrogen-bond donors (Lipinski definition) is 3. The average Bonchev–Trinajstić information content (AvgIpc) is 2.64. The van der Waals surface area contributed by atoms with Gasteiger partial charge in [-0.25, -0.2) is 4.79 Å². The van der Waals surface area contributed by atoms with E-state index in [9.17, 15) is 23.1 Å². The summed E-state index contributed by atoms with van der Waals surface area (Å²) < 4.78 is 47.3. The van der Waals surface area contributed by atoms with E-state index in [0.717, 1.165) is 20.2 Å². The van der Waals surface area contributed by atoms with Crippen LogP contribution in [0.5, 0.6) is 0 Å². The maximum absolute atomic E-state index is 11.3. The number of benzene rings is 1. The minimum absolute atomic E-state index is 0.468. The van der Waals surface area contributed by atoms with Crippen LogP contribution in [0.4, 0.5) is 13.2 Å². The van der Waals surface area contributed by atoms with Crippen molar-refractivity contribution in [3.8, 4) is 0 Å². The molecule has 0 aliphatic rings. The molecule has 8 nitrogen and oxygen atoms in total. The van der Waals surface area contributed by atoms with E-state index < -0.39 is 29.6 Å². The fourth-order valence-electron chi connectivity index (χ4n) is 2.14. The lowest BCUT2D eigenvalue weighted by atomic mass is 9.79. The van der Waals surface area contributed by atoms with Crippen molar-refractivity contribution < 1.29 is 45.5 Å². The van der Waals surface area contributed by atoms with E-state index in [2.05, 4.69) is 0 Å². The third kappa shape index (κ3) is 10.3. The normalized spacial score (nSPS) is 12.7. The van der Waals surface area contributed by atoms with Gasteiger partial charge in [0.25, 0.3) is 0 Å². The zero-order valence-corrected chi connectivity index (χ0v) is 19.8. The molecule has 0 aliphatic carbocycles. The molecular weight excluding hydrogens is 483 g/mol. The van der Waals surface area contributed by atoms with E-state index >= 15 is 0 Å². The first kappa shape index (κ1) is 29.8. The van der Waals surface area contributed by atoms with Gasteiger partial charge in [0.15, 0.2) is 0 Å². The van der Waals surface area contributed by atoms with Crippen LogP contribution < -0.4 is 5.73 Å². The van der Waals surface area contributed by atoms with E-state index in [1.54, 1.807) is 21.3 Å². The van der Waals surface area contributed by atoms with Gasteiger partial charge in [0.2, 0.25) is 0 Å². The van der Waals surface area contributed by atoms with Crippen LogP contribution in [-0.4, -0.2) is 55.7 Å². The largest absolute Gasteiger partial charge is 0.490 e. The fourth-order valence-corrected chi connectivity index (χ4v) is 4.16.